The molecule has 0 unspecified atom stereocenters. The van der Waals surface area contributed by atoms with Gasteiger partial charge in [-0.2, -0.15) is 5.06 Å². The molecular weight excluding hydrogens is 322 g/mol. The van der Waals surface area contributed by atoms with Crippen LogP contribution in [0.3, 0.4) is 0 Å². The third-order valence-electron chi connectivity index (χ3n) is 2.51. The minimum absolute atomic E-state index is 0.148. The molecule has 1 aliphatic rings. The molecule has 2 amide bonds. The van der Waals surface area contributed by atoms with E-state index in [4.69, 9.17) is 5.21 Å². The highest BCUT2D eigenvalue weighted by atomic mass is 33.1. The fourth-order valence-corrected chi connectivity index (χ4v) is 3.19. The summed E-state index contributed by atoms with van der Waals surface area (Å²) in [5, 5.41) is 10.6. The maximum atomic E-state index is 10.2. The number of hydrogen-bond donors (Lipinski definition) is 1. The Labute approximate surface area is 135 Å². The topological polar surface area (TPSA) is 83.4 Å². The predicted molar refractivity (Wildman–Crippen MR) is 83.1 cm³/mol. The van der Waals surface area contributed by atoms with Gasteiger partial charge in [0.25, 0.3) is 11.8 Å². The molecule has 0 aliphatic carbocycles. The van der Waals surface area contributed by atoms with E-state index in [1.165, 1.54) is 0 Å². The van der Waals surface area contributed by atoms with E-state index in [1.807, 2.05) is 36.4 Å². The number of rotatable bonds is 3. The molecule has 22 heavy (non-hydrogen) atoms. The minimum Gasteiger partial charge on any atom is -0.279 e. The SMILES string of the molecule is O=C1CCC(=O)N1O.c1ccc(SSc2ccccn2)nc1. The Morgan fingerprint density at radius 3 is 1.59 bits per heavy atom. The molecule has 0 spiro atoms. The Morgan fingerprint density at radius 2 is 1.32 bits per heavy atom. The van der Waals surface area contributed by atoms with Gasteiger partial charge in [0, 0.05) is 25.2 Å². The first-order chi connectivity index (χ1) is 10.7. The van der Waals surface area contributed by atoms with Gasteiger partial charge < -0.3 is 0 Å². The largest absolute Gasteiger partial charge is 0.279 e. The maximum absolute atomic E-state index is 10.2. The quantitative estimate of drug-likeness (QED) is 0.524. The second kappa shape index (κ2) is 8.52. The summed E-state index contributed by atoms with van der Waals surface area (Å²) in [4.78, 5) is 28.9. The number of carbonyl (C=O) groups excluding carboxylic acids is 2. The van der Waals surface area contributed by atoms with Gasteiger partial charge in [-0.1, -0.05) is 12.1 Å². The summed E-state index contributed by atoms with van der Waals surface area (Å²) in [6.45, 7) is 0. The number of hydrogen-bond acceptors (Lipinski definition) is 7. The first-order valence-corrected chi connectivity index (χ1v) is 8.53. The minimum atomic E-state index is -0.505. The molecule has 1 aliphatic heterocycles. The first-order valence-electron chi connectivity index (χ1n) is 6.38. The zero-order valence-electron chi connectivity index (χ0n) is 11.5. The van der Waals surface area contributed by atoms with E-state index >= 15 is 0 Å². The molecule has 2 aromatic heterocycles. The van der Waals surface area contributed by atoms with Crippen molar-refractivity contribution in [3.05, 3.63) is 48.8 Å². The Morgan fingerprint density at radius 1 is 0.864 bits per heavy atom. The van der Waals surface area contributed by atoms with Crippen molar-refractivity contribution >= 4 is 33.4 Å². The number of pyridine rings is 2. The number of carbonyl (C=O) groups is 2. The van der Waals surface area contributed by atoms with E-state index in [1.54, 1.807) is 34.0 Å². The van der Waals surface area contributed by atoms with Gasteiger partial charge >= 0.3 is 0 Å². The molecule has 0 radical (unpaired) electrons. The lowest BCUT2D eigenvalue weighted by molar-refractivity contribution is -0.171. The Hall–Kier alpha value is -1.90. The molecule has 0 bridgehead atoms. The number of nitrogens with zero attached hydrogens (tertiary/aromatic N) is 3. The molecule has 114 valence electrons. The highest BCUT2D eigenvalue weighted by Gasteiger charge is 2.26. The molecule has 3 rings (SSSR count). The normalized spacial score (nSPS) is 13.8. The van der Waals surface area contributed by atoms with Crippen LogP contribution in [0.4, 0.5) is 0 Å². The third kappa shape index (κ3) is 5.14. The third-order valence-corrected chi connectivity index (χ3v) is 4.70. The van der Waals surface area contributed by atoms with Gasteiger partial charge in [0.1, 0.15) is 10.1 Å². The number of hydroxylamine groups is 2. The van der Waals surface area contributed by atoms with Gasteiger partial charge in [-0.25, -0.2) is 9.97 Å². The summed E-state index contributed by atoms with van der Waals surface area (Å²) in [5.41, 5.74) is 0. The summed E-state index contributed by atoms with van der Waals surface area (Å²) in [6.07, 6.45) is 3.88. The Bertz CT molecular complexity index is 570. The first kappa shape index (κ1) is 16.5. The van der Waals surface area contributed by atoms with E-state index in [-0.39, 0.29) is 17.9 Å². The van der Waals surface area contributed by atoms with Crippen LogP contribution >= 0.6 is 21.6 Å². The van der Waals surface area contributed by atoms with Gasteiger partial charge in [-0.05, 0) is 45.9 Å². The molecule has 8 heteroatoms. The van der Waals surface area contributed by atoms with Crippen molar-refractivity contribution in [3.8, 4) is 0 Å². The zero-order chi connectivity index (χ0) is 15.8. The van der Waals surface area contributed by atoms with Crippen molar-refractivity contribution in [1.82, 2.24) is 15.0 Å². The summed E-state index contributed by atoms with van der Waals surface area (Å²) in [6, 6.07) is 11.8. The van der Waals surface area contributed by atoms with Gasteiger partial charge in [0.05, 0.1) is 0 Å². The smallest absolute Gasteiger partial charge is 0.253 e. The molecule has 3 heterocycles. The maximum Gasteiger partial charge on any atom is 0.253 e. The van der Waals surface area contributed by atoms with Gasteiger partial charge in [0.15, 0.2) is 0 Å². The van der Waals surface area contributed by atoms with Gasteiger partial charge in [-0.3, -0.25) is 14.8 Å². The number of aromatic nitrogens is 2. The second-order valence-corrected chi connectivity index (χ2v) is 6.27. The van der Waals surface area contributed by atoms with E-state index in [2.05, 4.69) is 9.97 Å². The Balaban J connectivity index is 0.000000188. The van der Waals surface area contributed by atoms with E-state index in [9.17, 15) is 9.59 Å². The van der Waals surface area contributed by atoms with Crippen LogP contribution in [-0.2, 0) is 9.59 Å². The van der Waals surface area contributed by atoms with E-state index < -0.39 is 11.8 Å². The van der Waals surface area contributed by atoms with Crippen LogP contribution in [0.15, 0.2) is 58.8 Å². The standard InChI is InChI=1S/C10H8N2S2.C4H5NO3/c1-3-7-11-9(5-1)13-14-10-6-2-4-8-12-10;6-3-1-2-4(7)5(3)8/h1-8H;8H,1-2H2. The van der Waals surface area contributed by atoms with Crippen LogP contribution in [0.5, 0.6) is 0 Å². The van der Waals surface area contributed by atoms with Crippen molar-refractivity contribution in [2.45, 2.75) is 22.9 Å². The fourth-order valence-electron chi connectivity index (χ4n) is 1.44. The van der Waals surface area contributed by atoms with E-state index in [0.717, 1.165) is 10.1 Å². The number of amides is 2. The average molecular weight is 335 g/mol. The monoisotopic (exact) mass is 335 g/mol. The van der Waals surface area contributed by atoms with Crippen molar-refractivity contribution in [2.75, 3.05) is 0 Å². The molecule has 0 aromatic carbocycles. The number of imide groups is 1. The molecule has 1 N–H and O–H groups in total. The molecular formula is C14H13N3O3S2. The van der Waals surface area contributed by atoms with Crippen LogP contribution < -0.4 is 0 Å². The Kier molecular flexibility index (Phi) is 6.38. The van der Waals surface area contributed by atoms with Crippen molar-refractivity contribution < 1.29 is 14.8 Å². The van der Waals surface area contributed by atoms with Crippen LogP contribution in [-0.4, -0.2) is 32.1 Å². The summed E-state index contributed by atoms with van der Waals surface area (Å²) < 4.78 is 0. The van der Waals surface area contributed by atoms with Crippen molar-refractivity contribution in [2.24, 2.45) is 0 Å². The fraction of sp³-hybridized carbons (Fsp3) is 0.143. The lowest BCUT2D eigenvalue weighted by Gasteiger charge is -1.98. The van der Waals surface area contributed by atoms with Gasteiger partial charge in [-0.15, -0.1) is 0 Å². The molecule has 1 saturated heterocycles. The lowest BCUT2D eigenvalue weighted by atomic mass is 10.4. The summed E-state index contributed by atoms with van der Waals surface area (Å²) in [5.74, 6) is -1.01. The molecule has 0 atom stereocenters. The van der Waals surface area contributed by atoms with Crippen molar-refractivity contribution in [1.29, 1.82) is 0 Å². The van der Waals surface area contributed by atoms with Crippen molar-refractivity contribution in [3.63, 3.8) is 0 Å². The summed E-state index contributed by atoms with van der Waals surface area (Å²) in [7, 11) is 3.23. The van der Waals surface area contributed by atoms with Crippen LogP contribution in [0.25, 0.3) is 0 Å². The lowest BCUT2D eigenvalue weighted by Crippen LogP contribution is -2.24. The van der Waals surface area contributed by atoms with Crippen LogP contribution in [0, 0.1) is 0 Å². The molecule has 0 saturated carbocycles. The van der Waals surface area contributed by atoms with Crippen LogP contribution in [0.2, 0.25) is 0 Å². The zero-order valence-corrected chi connectivity index (χ0v) is 13.1. The predicted octanol–water partition coefficient (Wildman–Crippen LogP) is 2.80. The van der Waals surface area contributed by atoms with Gasteiger partial charge in [0.2, 0.25) is 0 Å². The van der Waals surface area contributed by atoms with E-state index in [0.29, 0.717) is 0 Å². The molecule has 2 aromatic rings. The highest BCUT2D eigenvalue weighted by Crippen LogP contribution is 2.34. The average Bonchev–Trinajstić information content (AvgIpc) is 2.87. The molecule has 1 fully saturated rings. The highest BCUT2D eigenvalue weighted by molar-refractivity contribution is 8.76. The summed E-state index contributed by atoms with van der Waals surface area (Å²) >= 11 is 0. The van der Waals surface area contributed by atoms with Crippen LogP contribution in [0.1, 0.15) is 12.8 Å². The second-order valence-electron chi connectivity index (χ2n) is 4.10. The molecule has 6 nitrogen and oxygen atoms in total.